The molecule has 1 aliphatic carbocycles. The standard InChI is InChI=1S/C13H17NO2/c1-9-3-6-13(16-10-4-5-10)11(7-9)12(15)8-14-2/h3,6-7,10,14H,4-5,8H2,1-2H3. The molecule has 0 amide bonds. The van der Waals surface area contributed by atoms with Crippen LogP contribution in [0.5, 0.6) is 5.75 Å². The Labute approximate surface area is 95.8 Å². The highest BCUT2D eigenvalue weighted by Crippen LogP contribution is 2.29. The molecule has 86 valence electrons. The van der Waals surface area contributed by atoms with E-state index in [2.05, 4.69) is 5.32 Å². The summed E-state index contributed by atoms with van der Waals surface area (Å²) in [6.45, 7) is 2.33. The number of hydrogen-bond donors (Lipinski definition) is 1. The number of ketones is 1. The first-order valence-corrected chi connectivity index (χ1v) is 5.66. The lowest BCUT2D eigenvalue weighted by molar-refractivity contribution is 0.0989. The summed E-state index contributed by atoms with van der Waals surface area (Å²) in [6.07, 6.45) is 2.53. The number of carbonyl (C=O) groups is 1. The molecule has 0 radical (unpaired) electrons. The maximum absolute atomic E-state index is 11.9. The lowest BCUT2D eigenvalue weighted by atomic mass is 10.1. The van der Waals surface area contributed by atoms with E-state index < -0.39 is 0 Å². The van der Waals surface area contributed by atoms with E-state index in [4.69, 9.17) is 4.74 Å². The van der Waals surface area contributed by atoms with Crippen LogP contribution in [-0.4, -0.2) is 25.5 Å². The van der Waals surface area contributed by atoms with E-state index in [0.29, 0.717) is 18.2 Å². The number of hydrogen-bond acceptors (Lipinski definition) is 3. The first kappa shape index (κ1) is 11.1. The monoisotopic (exact) mass is 219 g/mol. The molecule has 16 heavy (non-hydrogen) atoms. The fourth-order valence-electron chi connectivity index (χ4n) is 1.59. The van der Waals surface area contributed by atoms with Crippen LogP contribution in [0.4, 0.5) is 0 Å². The number of Topliss-reactive ketones (excluding diaryl/α,β-unsaturated/α-hetero) is 1. The molecule has 3 nitrogen and oxygen atoms in total. The van der Waals surface area contributed by atoms with Crippen LogP contribution in [-0.2, 0) is 0 Å². The van der Waals surface area contributed by atoms with Gasteiger partial charge in [0, 0.05) is 0 Å². The molecule has 0 spiro atoms. The summed E-state index contributed by atoms with van der Waals surface area (Å²) in [4.78, 5) is 11.9. The second kappa shape index (κ2) is 4.66. The summed E-state index contributed by atoms with van der Waals surface area (Å²) < 4.78 is 5.73. The Hall–Kier alpha value is -1.35. The average molecular weight is 219 g/mol. The number of ether oxygens (including phenoxy) is 1. The quantitative estimate of drug-likeness (QED) is 0.769. The van der Waals surface area contributed by atoms with E-state index in [1.165, 1.54) is 0 Å². The Morgan fingerprint density at radius 1 is 1.50 bits per heavy atom. The molecule has 1 aromatic rings. The van der Waals surface area contributed by atoms with Crippen LogP contribution < -0.4 is 10.1 Å². The van der Waals surface area contributed by atoms with Crippen molar-refractivity contribution < 1.29 is 9.53 Å². The Bertz CT molecular complexity index is 397. The van der Waals surface area contributed by atoms with Crippen LogP contribution >= 0.6 is 0 Å². The smallest absolute Gasteiger partial charge is 0.180 e. The highest BCUT2D eigenvalue weighted by molar-refractivity contribution is 6.00. The zero-order chi connectivity index (χ0) is 11.5. The molecular formula is C13H17NO2. The van der Waals surface area contributed by atoms with Gasteiger partial charge in [-0.25, -0.2) is 0 Å². The first-order chi connectivity index (χ1) is 7.70. The van der Waals surface area contributed by atoms with Gasteiger partial charge in [-0.2, -0.15) is 0 Å². The number of carbonyl (C=O) groups excluding carboxylic acids is 1. The van der Waals surface area contributed by atoms with Gasteiger partial charge in [-0.15, -0.1) is 0 Å². The third-order valence-electron chi connectivity index (χ3n) is 2.59. The molecule has 0 heterocycles. The minimum atomic E-state index is 0.0850. The molecule has 0 saturated heterocycles. The van der Waals surface area contributed by atoms with Crippen molar-refractivity contribution in [1.82, 2.24) is 5.32 Å². The van der Waals surface area contributed by atoms with Gasteiger partial charge >= 0.3 is 0 Å². The maximum Gasteiger partial charge on any atom is 0.180 e. The Balaban J connectivity index is 2.23. The molecule has 0 atom stereocenters. The van der Waals surface area contributed by atoms with Crippen LogP contribution in [0.1, 0.15) is 28.8 Å². The van der Waals surface area contributed by atoms with Gasteiger partial charge in [-0.1, -0.05) is 11.6 Å². The molecule has 1 fully saturated rings. The molecule has 0 unspecified atom stereocenters. The van der Waals surface area contributed by atoms with E-state index >= 15 is 0 Å². The summed E-state index contributed by atoms with van der Waals surface area (Å²) in [6, 6.07) is 5.78. The van der Waals surface area contributed by atoms with Gasteiger partial charge in [-0.3, -0.25) is 4.79 Å². The SMILES string of the molecule is CNCC(=O)c1cc(C)ccc1OC1CC1. The van der Waals surface area contributed by atoms with E-state index in [1.54, 1.807) is 7.05 Å². The molecule has 1 aliphatic rings. The molecule has 0 aromatic heterocycles. The summed E-state index contributed by atoms with van der Waals surface area (Å²) in [5.41, 5.74) is 1.78. The van der Waals surface area contributed by atoms with Gasteiger partial charge in [-0.05, 0) is 38.9 Å². The van der Waals surface area contributed by atoms with Crippen LogP contribution in [0.15, 0.2) is 18.2 Å². The van der Waals surface area contributed by atoms with Crippen molar-refractivity contribution in [3.63, 3.8) is 0 Å². The molecule has 3 heteroatoms. The zero-order valence-electron chi connectivity index (χ0n) is 9.75. The van der Waals surface area contributed by atoms with Crippen LogP contribution in [0.3, 0.4) is 0 Å². The van der Waals surface area contributed by atoms with E-state index in [9.17, 15) is 4.79 Å². The zero-order valence-corrected chi connectivity index (χ0v) is 9.75. The van der Waals surface area contributed by atoms with Crippen LogP contribution in [0, 0.1) is 6.92 Å². The van der Waals surface area contributed by atoms with Gasteiger partial charge in [0.15, 0.2) is 5.78 Å². The van der Waals surface area contributed by atoms with E-state index in [1.807, 2.05) is 25.1 Å². The number of rotatable bonds is 5. The third kappa shape index (κ3) is 2.61. The van der Waals surface area contributed by atoms with Crippen molar-refractivity contribution in [3.05, 3.63) is 29.3 Å². The predicted octanol–water partition coefficient (Wildman–Crippen LogP) is 1.94. The third-order valence-corrected chi connectivity index (χ3v) is 2.59. The van der Waals surface area contributed by atoms with Crippen LogP contribution in [0.2, 0.25) is 0 Å². The molecule has 0 aliphatic heterocycles. The second-order valence-electron chi connectivity index (χ2n) is 4.27. The van der Waals surface area contributed by atoms with Crippen molar-refractivity contribution in [2.45, 2.75) is 25.9 Å². The summed E-state index contributed by atoms with van der Waals surface area (Å²) in [5.74, 6) is 0.815. The number of likely N-dealkylation sites (N-methyl/N-ethyl adjacent to an activating group) is 1. The Kier molecular flexibility index (Phi) is 3.25. The molecular weight excluding hydrogens is 202 g/mol. The molecule has 0 bridgehead atoms. The maximum atomic E-state index is 11.9. The molecule has 1 aromatic carbocycles. The minimum absolute atomic E-state index is 0.0850. The highest BCUT2D eigenvalue weighted by atomic mass is 16.5. The van der Waals surface area contributed by atoms with E-state index in [-0.39, 0.29) is 5.78 Å². The van der Waals surface area contributed by atoms with Gasteiger partial charge in [0.2, 0.25) is 0 Å². The molecule has 1 N–H and O–H groups in total. The van der Waals surface area contributed by atoms with Gasteiger partial charge in [0.05, 0.1) is 18.2 Å². The van der Waals surface area contributed by atoms with Crippen molar-refractivity contribution in [2.24, 2.45) is 0 Å². The highest BCUT2D eigenvalue weighted by Gasteiger charge is 2.25. The number of benzene rings is 1. The Morgan fingerprint density at radius 3 is 2.88 bits per heavy atom. The van der Waals surface area contributed by atoms with Gasteiger partial charge < -0.3 is 10.1 Å². The second-order valence-corrected chi connectivity index (χ2v) is 4.27. The topological polar surface area (TPSA) is 38.3 Å². The predicted molar refractivity (Wildman–Crippen MR) is 63.1 cm³/mol. The van der Waals surface area contributed by atoms with E-state index in [0.717, 1.165) is 24.2 Å². The van der Waals surface area contributed by atoms with Crippen LogP contribution in [0.25, 0.3) is 0 Å². The fraction of sp³-hybridized carbons (Fsp3) is 0.462. The van der Waals surface area contributed by atoms with Crippen molar-refractivity contribution >= 4 is 5.78 Å². The summed E-state index contributed by atoms with van der Waals surface area (Å²) >= 11 is 0. The fourth-order valence-corrected chi connectivity index (χ4v) is 1.59. The first-order valence-electron chi connectivity index (χ1n) is 5.66. The summed E-state index contributed by atoms with van der Waals surface area (Å²) in [7, 11) is 1.77. The molecule has 2 rings (SSSR count). The molecule has 1 saturated carbocycles. The lowest BCUT2D eigenvalue weighted by Gasteiger charge is -2.10. The normalized spacial score (nSPS) is 14.9. The summed E-state index contributed by atoms with van der Waals surface area (Å²) in [5, 5.41) is 2.88. The Morgan fingerprint density at radius 2 is 2.25 bits per heavy atom. The lowest BCUT2D eigenvalue weighted by Crippen LogP contribution is -2.19. The van der Waals surface area contributed by atoms with Gasteiger partial charge in [0.25, 0.3) is 0 Å². The minimum Gasteiger partial charge on any atom is -0.490 e. The van der Waals surface area contributed by atoms with Crippen molar-refractivity contribution in [3.8, 4) is 5.75 Å². The van der Waals surface area contributed by atoms with Crippen molar-refractivity contribution in [1.29, 1.82) is 0 Å². The van der Waals surface area contributed by atoms with Gasteiger partial charge in [0.1, 0.15) is 5.75 Å². The van der Waals surface area contributed by atoms with Crippen molar-refractivity contribution in [2.75, 3.05) is 13.6 Å². The average Bonchev–Trinajstić information content (AvgIpc) is 3.05. The number of nitrogens with one attached hydrogen (secondary N) is 1. The number of aryl methyl sites for hydroxylation is 1. The largest absolute Gasteiger partial charge is 0.490 e.